The van der Waals surface area contributed by atoms with Gasteiger partial charge in [0.25, 0.3) is 5.56 Å². The van der Waals surface area contributed by atoms with Crippen LogP contribution in [-0.2, 0) is 19.6 Å². The summed E-state index contributed by atoms with van der Waals surface area (Å²) < 4.78 is 1.47. The Kier molecular flexibility index (Phi) is 2.19. The fourth-order valence-electron chi connectivity index (χ4n) is 1.95. The van der Waals surface area contributed by atoms with Crippen LogP contribution >= 0.6 is 0 Å². The lowest BCUT2D eigenvalue weighted by atomic mass is 9.96. The third-order valence-corrected chi connectivity index (χ3v) is 2.64. The van der Waals surface area contributed by atoms with E-state index in [4.69, 9.17) is 5.11 Å². The molecule has 1 aliphatic rings. The molecule has 3 heteroatoms. The van der Waals surface area contributed by atoms with E-state index >= 15 is 0 Å². The number of aliphatic hydroxyl groups is 1. The lowest BCUT2D eigenvalue weighted by Crippen LogP contribution is -2.25. The molecule has 0 unspecified atom stereocenters. The molecule has 2 rings (SSSR count). The Morgan fingerprint density at radius 3 is 2.85 bits per heavy atom. The van der Waals surface area contributed by atoms with E-state index in [1.54, 1.807) is 6.07 Å². The highest BCUT2D eigenvalue weighted by molar-refractivity contribution is 5.23. The second-order valence-electron chi connectivity index (χ2n) is 3.42. The lowest BCUT2D eigenvalue weighted by Gasteiger charge is -2.19. The van der Waals surface area contributed by atoms with Crippen LogP contribution in [0.15, 0.2) is 16.9 Å². The van der Waals surface area contributed by atoms with Crippen molar-refractivity contribution in [2.75, 3.05) is 0 Å². The molecule has 70 valence electrons. The first-order valence-corrected chi connectivity index (χ1v) is 4.65. The molecule has 1 heterocycles. The molecule has 1 N–H and O–H groups in total. The second kappa shape index (κ2) is 3.34. The number of hydrogen-bond donors (Lipinski definition) is 1. The molecule has 1 aromatic heterocycles. The average Bonchev–Trinajstić information content (AvgIpc) is 2.18. The predicted molar refractivity (Wildman–Crippen MR) is 49.6 cm³/mol. The molecule has 0 amide bonds. The van der Waals surface area contributed by atoms with E-state index in [0.717, 1.165) is 25.0 Å². The number of aryl methyl sites for hydroxylation is 1. The van der Waals surface area contributed by atoms with Crippen molar-refractivity contribution in [2.45, 2.75) is 32.4 Å². The van der Waals surface area contributed by atoms with Crippen LogP contribution in [-0.4, -0.2) is 9.67 Å². The topological polar surface area (TPSA) is 42.2 Å². The quantitative estimate of drug-likeness (QED) is 0.688. The summed E-state index contributed by atoms with van der Waals surface area (Å²) in [6.07, 6.45) is 4.27. The Morgan fingerprint density at radius 1 is 1.31 bits per heavy atom. The van der Waals surface area contributed by atoms with Gasteiger partial charge in [-0.15, -0.1) is 0 Å². The van der Waals surface area contributed by atoms with Crippen molar-refractivity contribution in [1.29, 1.82) is 0 Å². The average molecular weight is 179 g/mol. The molecule has 0 saturated carbocycles. The molecular formula is C10H13NO2. The van der Waals surface area contributed by atoms with Gasteiger partial charge < -0.3 is 5.11 Å². The van der Waals surface area contributed by atoms with E-state index in [2.05, 4.69) is 0 Å². The van der Waals surface area contributed by atoms with E-state index < -0.39 is 0 Å². The van der Waals surface area contributed by atoms with E-state index in [0.29, 0.717) is 0 Å². The van der Waals surface area contributed by atoms with Crippen molar-refractivity contribution in [2.24, 2.45) is 0 Å². The van der Waals surface area contributed by atoms with Gasteiger partial charge in [0, 0.05) is 11.8 Å². The zero-order valence-electron chi connectivity index (χ0n) is 7.49. The van der Waals surface area contributed by atoms with Crippen LogP contribution in [0.5, 0.6) is 0 Å². The van der Waals surface area contributed by atoms with Gasteiger partial charge in [0.05, 0.1) is 0 Å². The van der Waals surface area contributed by atoms with Crippen molar-refractivity contribution < 1.29 is 5.11 Å². The van der Waals surface area contributed by atoms with Gasteiger partial charge in [-0.3, -0.25) is 9.36 Å². The van der Waals surface area contributed by atoms with Gasteiger partial charge in [0.1, 0.15) is 6.73 Å². The molecule has 1 aromatic rings. The van der Waals surface area contributed by atoms with Crippen LogP contribution in [0.4, 0.5) is 0 Å². The molecule has 0 saturated heterocycles. The highest BCUT2D eigenvalue weighted by Gasteiger charge is 2.12. The Bertz CT molecular complexity index is 368. The molecule has 0 fully saturated rings. The van der Waals surface area contributed by atoms with Crippen LogP contribution in [0.2, 0.25) is 0 Å². The van der Waals surface area contributed by atoms with Gasteiger partial charge in [-0.25, -0.2) is 0 Å². The first-order valence-electron chi connectivity index (χ1n) is 4.65. The molecule has 0 atom stereocenters. The maximum atomic E-state index is 11.3. The van der Waals surface area contributed by atoms with E-state index in [1.807, 2.05) is 6.07 Å². The third kappa shape index (κ3) is 1.40. The molecule has 1 aliphatic carbocycles. The smallest absolute Gasteiger partial charge is 0.252 e. The van der Waals surface area contributed by atoms with E-state index in [9.17, 15) is 4.79 Å². The van der Waals surface area contributed by atoms with Crippen molar-refractivity contribution in [3.8, 4) is 0 Å². The number of aromatic nitrogens is 1. The minimum Gasteiger partial charge on any atom is -0.376 e. The molecule has 0 aliphatic heterocycles. The second-order valence-corrected chi connectivity index (χ2v) is 3.42. The summed E-state index contributed by atoms with van der Waals surface area (Å²) in [5.41, 5.74) is 2.16. The zero-order chi connectivity index (χ0) is 9.26. The number of hydrogen-bond acceptors (Lipinski definition) is 2. The summed E-state index contributed by atoms with van der Waals surface area (Å²) >= 11 is 0. The van der Waals surface area contributed by atoms with Crippen LogP contribution < -0.4 is 5.56 Å². The molecule has 0 spiro atoms. The SMILES string of the molecule is O=c1ccc2c(n1CO)CCCC2. The first-order chi connectivity index (χ1) is 6.33. The Balaban J connectivity index is 2.59. The number of fused-ring (bicyclic) bond motifs is 1. The summed E-state index contributed by atoms with van der Waals surface area (Å²) in [7, 11) is 0. The molecule has 0 radical (unpaired) electrons. The molecule has 0 bridgehead atoms. The summed E-state index contributed by atoms with van der Waals surface area (Å²) in [6.45, 7) is -0.192. The summed E-state index contributed by atoms with van der Waals surface area (Å²) in [5.74, 6) is 0. The molecule has 13 heavy (non-hydrogen) atoms. The number of aliphatic hydroxyl groups excluding tert-OH is 1. The molecule has 0 aromatic carbocycles. The van der Waals surface area contributed by atoms with Gasteiger partial charge in [-0.1, -0.05) is 6.07 Å². The van der Waals surface area contributed by atoms with Crippen molar-refractivity contribution >= 4 is 0 Å². The van der Waals surface area contributed by atoms with Gasteiger partial charge >= 0.3 is 0 Å². The van der Waals surface area contributed by atoms with Crippen molar-refractivity contribution in [1.82, 2.24) is 4.57 Å². The van der Waals surface area contributed by atoms with E-state index in [-0.39, 0.29) is 12.3 Å². The van der Waals surface area contributed by atoms with Gasteiger partial charge in [-0.2, -0.15) is 0 Å². The minimum absolute atomic E-state index is 0.0943. The summed E-state index contributed by atoms with van der Waals surface area (Å²) in [6, 6.07) is 3.43. The Labute approximate surface area is 76.6 Å². The normalized spacial score (nSPS) is 15.5. The highest BCUT2D eigenvalue weighted by Crippen LogP contribution is 2.18. The molecule has 3 nitrogen and oxygen atoms in total. The van der Waals surface area contributed by atoms with Crippen molar-refractivity contribution in [3.63, 3.8) is 0 Å². The zero-order valence-corrected chi connectivity index (χ0v) is 7.49. The van der Waals surface area contributed by atoms with Gasteiger partial charge in [0.15, 0.2) is 0 Å². The lowest BCUT2D eigenvalue weighted by molar-refractivity contribution is 0.200. The number of rotatable bonds is 1. The maximum absolute atomic E-state index is 11.3. The van der Waals surface area contributed by atoms with Crippen LogP contribution in [0.1, 0.15) is 24.1 Å². The van der Waals surface area contributed by atoms with Crippen LogP contribution in [0.3, 0.4) is 0 Å². The molecular weight excluding hydrogens is 166 g/mol. The fraction of sp³-hybridized carbons (Fsp3) is 0.500. The highest BCUT2D eigenvalue weighted by atomic mass is 16.3. The Hall–Kier alpha value is -1.09. The number of nitrogens with zero attached hydrogens (tertiary/aromatic N) is 1. The monoisotopic (exact) mass is 179 g/mol. The maximum Gasteiger partial charge on any atom is 0.252 e. The predicted octanol–water partition coefficient (Wildman–Crippen LogP) is 0.677. The first kappa shape index (κ1) is 8.51. The largest absolute Gasteiger partial charge is 0.376 e. The summed E-state index contributed by atoms with van der Waals surface area (Å²) in [4.78, 5) is 11.3. The standard InChI is InChI=1S/C10H13NO2/c12-7-11-9-4-2-1-3-8(9)5-6-10(11)13/h5-6,12H,1-4,7H2. The number of pyridine rings is 1. The van der Waals surface area contributed by atoms with Crippen LogP contribution in [0.25, 0.3) is 0 Å². The van der Waals surface area contributed by atoms with Gasteiger partial charge in [-0.05, 0) is 31.2 Å². The van der Waals surface area contributed by atoms with Gasteiger partial charge in [0.2, 0.25) is 0 Å². The Morgan fingerprint density at radius 2 is 2.08 bits per heavy atom. The van der Waals surface area contributed by atoms with Crippen LogP contribution in [0, 0.1) is 0 Å². The fourth-order valence-corrected chi connectivity index (χ4v) is 1.95. The van der Waals surface area contributed by atoms with Crippen molar-refractivity contribution in [3.05, 3.63) is 33.7 Å². The summed E-state index contributed by atoms with van der Waals surface area (Å²) in [5, 5.41) is 9.04. The third-order valence-electron chi connectivity index (χ3n) is 2.64. The minimum atomic E-state index is -0.192. The van der Waals surface area contributed by atoms with E-state index in [1.165, 1.54) is 16.6 Å².